The lowest BCUT2D eigenvalue weighted by Crippen LogP contribution is -2.43. The molecule has 1 aromatic heterocycles. The number of allylic oxidation sites excluding steroid dienone is 2. The maximum atomic E-state index is 12.3. The highest BCUT2D eigenvalue weighted by molar-refractivity contribution is 7.89. The second-order valence-electron chi connectivity index (χ2n) is 6.61. The van der Waals surface area contributed by atoms with Gasteiger partial charge in [-0.25, -0.2) is 13.1 Å². The summed E-state index contributed by atoms with van der Waals surface area (Å²) in [6, 6.07) is 13.5. The molecule has 130 valence electrons. The molecule has 2 heterocycles. The molecule has 1 fully saturated rings. The van der Waals surface area contributed by atoms with Gasteiger partial charge in [0, 0.05) is 11.1 Å². The molecule has 1 aromatic carbocycles. The number of furan rings is 1. The summed E-state index contributed by atoms with van der Waals surface area (Å²) in [5, 5.41) is 0. The molecule has 0 bridgehead atoms. The van der Waals surface area contributed by atoms with Gasteiger partial charge in [-0.15, -0.1) is 0 Å². The third kappa shape index (κ3) is 3.48. The van der Waals surface area contributed by atoms with E-state index < -0.39 is 10.0 Å². The Bertz CT molecular complexity index is 909. The molecule has 1 N–H and O–H groups in total. The Hall–Kier alpha value is -2.11. The lowest BCUT2D eigenvalue weighted by Gasteiger charge is -2.31. The number of hydrogen-bond acceptors (Lipinski definition) is 3. The lowest BCUT2D eigenvalue weighted by atomic mass is 9.84. The number of benzene rings is 1. The fraction of sp³-hybridized carbons (Fsp3) is 0.300. The van der Waals surface area contributed by atoms with Crippen LogP contribution in [0.15, 0.2) is 65.1 Å². The van der Waals surface area contributed by atoms with Crippen LogP contribution in [0.25, 0.3) is 16.9 Å². The van der Waals surface area contributed by atoms with Crippen molar-refractivity contribution in [2.75, 3.05) is 5.75 Å². The van der Waals surface area contributed by atoms with E-state index >= 15 is 0 Å². The highest BCUT2D eigenvalue weighted by Gasteiger charge is 2.32. The SMILES string of the molecule is O=S1(=O)CCCCC2C=CC=C(c3ccc(-c4ccccc4)o3)C2N1. The average Bonchev–Trinajstić information content (AvgIpc) is 3.09. The molecule has 1 aliphatic heterocycles. The second kappa shape index (κ2) is 6.65. The predicted octanol–water partition coefficient (Wildman–Crippen LogP) is 3.99. The van der Waals surface area contributed by atoms with Crippen LogP contribution in [0.4, 0.5) is 0 Å². The molecule has 2 atom stereocenters. The summed E-state index contributed by atoms with van der Waals surface area (Å²) in [6.07, 6.45) is 8.68. The maximum absolute atomic E-state index is 12.3. The van der Waals surface area contributed by atoms with Gasteiger partial charge in [0.05, 0.1) is 11.8 Å². The standard InChI is InChI=1S/C20H21NO3S/c22-25(23)14-5-4-9-16-10-6-11-17(20(16)21-25)19-13-12-18(24-19)15-7-2-1-3-8-15/h1-3,6-8,10-13,16,20-21H,4-5,9,14H2. The number of fused-ring (bicyclic) bond motifs is 1. The summed E-state index contributed by atoms with van der Waals surface area (Å²) in [5.41, 5.74) is 1.91. The van der Waals surface area contributed by atoms with Crippen LogP contribution < -0.4 is 4.72 Å². The summed E-state index contributed by atoms with van der Waals surface area (Å²) in [4.78, 5) is 0. The molecule has 1 saturated heterocycles. The highest BCUT2D eigenvalue weighted by atomic mass is 32.2. The quantitative estimate of drug-likeness (QED) is 0.886. The highest BCUT2D eigenvalue weighted by Crippen LogP contribution is 2.35. The summed E-state index contributed by atoms with van der Waals surface area (Å²) in [5.74, 6) is 1.87. The van der Waals surface area contributed by atoms with Gasteiger partial charge in [0.25, 0.3) is 0 Å². The maximum Gasteiger partial charge on any atom is 0.212 e. The van der Waals surface area contributed by atoms with E-state index in [0.29, 0.717) is 6.42 Å². The van der Waals surface area contributed by atoms with Gasteiger partial charge in [-0.1, -0.05) is 55.0 Å². The minimum Gasteiger partial charge on any atom is -0.456 e. The van der Waals surface area contributed by atoms with Crippen molar-refractivity contribution in [2.24, 2.45) is 5.92 Å². The minimum atomic E-state index is -3.27. The molecule has 5 heteroatoms. The van der Waals surface area contributed by atoms with Crippen molar-refractivity contribution in [3.8, 4) is 11.3 Å². The van der Waals surface area contributed by atoms with Crippen molar-refractivity contribution in [2.45, 2.75) is 25.3 Å². The minimum absolute atomic E-state index is 0.167. The van der Waals surface area contributed by atoms with Crippen LogP contribution in [-0.4, -0.2) is 20.2 Å². The van der Waals surface area contributed by atoms with E-state index in [4.69, 9.17) is 4.42 Å². The van der Waals surface area contributed by atoms with Crippen molar-refractivity contribution >= 4 is 15.6 Å². The molecular formula is C20H21NO3S. The largest absolute Gasteiger partial charge is 0.456 e. The van der Waals surface area contributed by atoms with Gasteiger partial charge in [-0.2, -0.15) is 0 Å². The second-order valence-corrected chi connectivity index (χ2v) is 8.48. The van der Waals surface area contributed by atoms with E-state index in [1.807, 2.05) is 54.6 Å². The smallest absolute Gasteiger partial charge is 0.212 e. The zero-order valence-electron chi connectivity index (χ0n) is 13.9. The van der Waals surface area contributed by atoms with Crippen LogP contribution >= 0.6 is 0 Å². The molecule has 0 saturated carbocycles. The van der Waals surface area contributed by atoms with Crippen LogP contribution in [0, 0.1) is 5.92 Å². The lowest BCUT2D eigenvalue weighted by molar-refractivity contribution is 0.454. The third-order valence-corrected chi connectivity index (χ3v) is 6.29. The van der Waals surface area contributed by atoms with Crippen LogP contribution in [0.3, 0.4) is 0 Å². The Morgan fingerprint density at radius 1 is 1.00 bits per heavy atom. The molecule has 2 aliphatic rings. The Labute approximate surface area is 148 Å². The molecular weight excluding hydrogens is 334 g/mol. The molecule has 1 aliphatic carbocycles. The first-order valence-electron chi connectivity index (χ1n) is 8.66. The van der Waals surface area contributed by atoms with Crippen molar-refractivity contribution < 1.29 is 12.8 Å². The number of nitrogens with one attached hydrogen (secondary N) is 1. The molecule has 0 spiro atoms. The Morgan fingerprint density at radius 2 is 1.80 bits per heavy atom. The van der Waals surface area contributed by atoms with E-state index in [2.05, 4.69) is 10.8 Å². The first kappa shape index (κ1) is 16.4. The van der Waals surface area contributed by atoms with E-state index in [1.54, 1.807) is 0 Å². The summed E-state index contributed by atoms with van der Waals surface area (Å²) in [7, 11) is -3.27. The molecule has 0 amide bonds. The molecule has 2 unspecified atom stereocenters. The number of rotatable bonds is 2. The van der Waals surface area contributed by atoms with E-state index in [9.17, 15) is 8.42 Å². The van der Waals surface area contributed by atoms with Crippen molar-refractivity contribution in [3.63, 3.8) is 0 Å². The Kier molecular flexibility index (Phi) is 4.36. The average molecular weight is 355 g/mol. The van der Waals surface area contributed by atoms with Crippen LogP contribution in [0.2, 0.25) is 0 Å². The summed E-state index contributed by atoms with van der Waals surface area (Å²) < 4.78 is 33.5. The van der Waals surface area contributed by atoms with Gasteiger partial charge in [0.2, 0.25) is 10.0 Å². The van der Waals surface area contributed by atoms with Gasteiger partial charge in [-0.3, -0.25) is 0 Å². The normalized spacial score (nSPS) is 25.5. The summed E-state index contributed by atoms with van der Waals surface area (Å²) in [6.45, 7) is 0. The first-order valence-corrected chi connectivity index (χ1v) is 10.3. The monoisotopic (exact) mass is 355 g/mol. The van der Waals surface area contributed by atoms with Crippen LogP contribution in [0.5, 0.6) is 0 Å². The first-order chi connectivity index (χ1) is 12.1. The molecule has 0 radical (unpaired) electrons. The topological polar surface area (TPSA) is 59.3 Å². The molecule has 2 aromatic rings. The Balaban J connectivity index is 1.68. The predicted molar refractivity (Wildman–Crippen MR) is 99.3 cm³/mol. The zero-order chi connectivity index (χ0) is 17.3. The van der Waals surface area contributed by atoms with Crippen molar-refractivity contribution in [1.82, 2.24) is 4.72 Å². The van der Waals surface area contributed by atoms with E-state index in [0.717, 1.165) is 35.5 Å². The van der Waals surface area contributed by atoms with Gasteiger partial charge in [0.15, 0.2) is 0 Å². The van der Waals surface area contributed by atoms with Crippen LogP contribution in [0.1, 0.15) is 25.0 Å². The molecule has 4 rings (SSSR count). The number of sulfonamides is 1. The third-order valence-electron chi connectivity index (χ3n) is 4.85. The summed E-state index contributed by atoms with van der Waals surface area (Å²) >= 11 is 0. The molecule has 4 nitrogen and oxygen atoms in total. The van der Waals surface area contributed by atoms with Crippen LogP contribution in [-0.2, 0) is 10.0 Å². The van der Waals surface area contributed by atoms with E-state index in [1.165, 1.54) is 0 Å². The van der Waals surface area contributed by atoms with Crippen molar-refractivity contribution in [1.29, 1.82) is 0 Å². The fourth-order valence-corrected chi connectivity index (χ4v) is 4.96. The van der Waals surface area contributed by atoms with E-state index in [-0.39, 0.29) is 17.7 Å². The fourth-order valence-electron chi connectivity index (χ4n) is 3.57. The van der Waals surface area contributed by atoms with Gasteiger partial charge in [-0.05, 0) is 30.9 Å². The Morgan fingerprint density at radius 3 is 2.64 bits per heavy atom. The number of hydrogen-bond donors (Lipinski definition) is 1. The van der Waals surface area contributed by atoms with Gasteiger partial charge in [0.1, 0.15) is 11.5 Å². The molecule has 25 heavy (non-hydrogen) atoms. The van der Waals surface area contributed by atoms with Gasteiger partial charge < -0.3 is 4.42 Å². The zero-order valence-corrected chi connectivity index (χ0v) is 14.7. The van der Waals surface area contributed by atoms with Crippen molar-refractivity contribution in [3.05, 3.63) is 66.5 Å². The van der Waals surface area contributed by atoms with Gasteiger partial charge >= 0.3 is 0 Å².